The number of benzene rings is 1. The number of aryl methyl sites for hydroxylation is 1. The van der Waals surface area contributed by atoms with Gasteiger partial charge in [0.1, 0.15) is 29.3 Å². The first-order valence-corrected chi connectivity index (χ1v) is 18.1. The first-order chi connectivity index (χ1) is 22.7. The maximum atomic E-state index is 14.4. The number of ether oxygens (including phenoxy) is 2. The molecule has 0 radical (unpaired) electrons. The average Bonchev–Trinajstić information content (AvgIpc) is 3.91. The van der Waals surface area contributed by atoms with Crippen LogP contribution in [0.25, 0.3) is 10.8 Å². The van der Waals surface area contributed by atoms with Gasteiger partial charge >= 0.3 is 6.09 Å². The first kappa shape index (κ1) is 36.1. The number of nitrogens with zero attached hydrogens (tertiary/aromatic N) is 2. The molecule has 5 atom stereocenters. The van der Waals surface area contributed by atoms with Crippen molar-refractivity contribution in [2.75, 3.05) is 6.54 Å². The lowest BCUT2D eigenvalue weighted by Gasteiger charge is -2.36. The summed E-state index contributed by atoms with van der Waals surface area (Å²) in [5.41, 5.74) is -2.44. The van der Waals surface area contributed by atoms with Gasteiger partial charge in [0.25, 0.3) is 5.91 Å². The number of carbonyl (C=O) groups is 4. The molecule has 14 heteroatoms. The molecule has 0 bridgehead atoms. The Morgan fingerprint density at radius 3 is 2.37 bits per heavy atom. The summed E-state index contributed by atoms with van der Waals surface area (Å²) >= 11 is 0. The van der Waals surface area contributed by atoms with E-state index in [1.807, 2.05) is 37.3 Å². The highest BCUT2D eigenvalue weighted by atomic mass is 32.2. The van der Waals surface area contributed by atoms with Crippen LogP contribution < -0.4 is 20.1 Å². The van der Waals surface area contributed by atoms with Crippen LogP contribution in [0.1, 0.15) is 72.9 Å². The van der Waals surface area contributed by atoms with E-state index in [0.29, 0.717) is 18.7 Å². The number of aromatic nitrogens is 1. The van der Waals surface area contributed by atoms with Gasteiger partial charge in [-0.1, -0.05) is 45.0 Å². The third kappa shape index (κ3) is 8.00. The molecule has 1 aliphatic heterocycles. The van der Waals surface area contributed by atoms with Crippen molar-refractivity contribution in [2.24, 2.45) is 11.3 Å². The predicted octanol–water partition coefficient (Wildman–Crippen LogP) is 3.50. The Balaban J connectivity index is 1.45. The van der Waals surface area contributed by atoms with Gasteiger partial charge in [0.15, 0.2) is 0 Å². The van der Waals surface area contributed by atoms with Gasteiger partial charge in [-0.3, -0.25) is 19.1 Å². The van der Waals surface area contributed by atoms with Gasteiger partial charge < -0.3 is 25.0 Å². The van der Waals surface area contributed by atoms with Crippen LogP contribution in [0.3, 0.4) is 0 Å². The van der Waals surface area contributed by atoms with E-state index in [4.69, 9.17) is 9.47 Å². The Morgan fingerprint density at radius 1 is 1.10 bits per heavy atom. The summed E-state index contributed by atoms with van der Waals surface area (Å²) in [6.07, 6.45) is 1.15. The second kappa shape index (κ2) is 12.9. The molecule has 0 spiro atoms. The number of likely N-dealkylation sites (tertiary alicyclic amines) is 1. The predicted molar refractivity (Wildman–Crippen MR) is 183 cm³/mol. The molecule has 1 aromatic carbocycles. The second-order valence-electron chi connectivity index (χ2n) is 15.4. The highest BCUT2D eigenvalue weighted by Crippen LogP contribution is 2.45. The molecule has 1 saturated heterocycles. The lowest BCUT2D eigenvalue weighted by atomic mass is 9.85. The van der Waals surface area contributed by atoms with Gasteiger partial charge in [-0.25, -0.2) is 18.2 Å². The van der Waals surface area contributed by atoms with E-state index in [9.17, 15) is 27.6 Å². The Bertz CT molecular complexity index is 1780. The quantitative estimate of drug-likeness (QED) is 0.314. The lowest BCUT2D eigenvalue weighted by Crippen LogP contribution is -2.60. The van der Waals surface area contributed by atoms with Crippen LogP contribution in [-0.4, -0.2) is 83.2 Å². The normalized spacial score (nSPS) is 24.5. The van der Waals surface area contributed by atoms with E-state index in [1.54, 1.807) is 41.5 Å². The first-order valence-electron chi connectivity index (χ1n) is 16.6. The minimum absolute atomic E-state index is 0.0242. The number of sulfonamides is 1. The van der Waals surface area contributed by atoms with Crippen molar-refractivity contribution in [3.8, 4) is 5.88 Å². The third-order valence-electron chi connectivity index (χ3n) is 8.98. The summed E-state index contributed by atoms with van der Waals surface area (Å²) in [5, 5.41) is 6.53. The summed E-state index contributed by atoms with van der Waals surface area (Å²) in [4.78, 5) is 60.9. The van der Waals surface area contributed by atoms with Crippen molar-refractivity contribution in [3.63, 3.8) is 0 Å². The highest BCUT2D eigenvalue weighted by molar-refractivity contribution is 7.91. The molecule has 2 aliphatic carbocycles. The minimum atomic E-state index is -3.89. The van der Waals surface area contributed by atoms with Crippen LogP contribution in [0, 0.1) is 18.3 Å². The number of rotatable bonds is 10. The summed E-state index contributed by atoms with van der Waals surface area (Å²) in [7, 11) is -3.89. The molecule has 3 aliphatic rings. The molecule has 13 nitrogen and oxygen atoms in total. The Morgan fingerprint density at radius 2 is 1.78 bits per heavy atom. The minimum Gasteiger partial charge on any atom is -0.472 e. The van der Waals surface area contributed by atoms with Crippen molar-refractivity contribution >= 4 is 44.6 Å². The SMILES string of the molecule is C=CC1CC1(NC(=O)C1CC(Oc2nc(C)cc3ccccc23)CN1C(=O)C(NC(=O)OC(C)(C)C)C(C)(C)C)C(=O)NS(=O)(=O)C1CC1. The summed E-state index contributed by atoms with van der Waals surface area (Å²) in [5.74, 6) is -2.20. The van der Waals surface area contributed by atoms with E-state index in [1.165, 1.54) is 11.0 Å². The van der Waals surface area contributed by atoms with Gasteiger partial charge in [0.05, 0.1) is 11.8 Å². The zero-order chi connectivity index (χ0) is 36.1. The van der Waals surface area contributed by atoms with Crippen molar-refractivity contribution in [3.05, 3.63) is 48.7 Å². The molecule has 5 unspecified atom stereocenters. The van der Waals surface area contributed by atoms with Gasteiger partial charge in [-0.05, 0) is 69.9 Å². The fourth-order valence-electron chi connectivity index (χ4n) is 6.18. The number of fused-ring (bicyclic) bond motifs is 1. The van der Waals surface area contributed by atoms with E-state index in [-0.39, 0.29) is 19.4 Å². The molecule has 2 aromatic rings. The molecule has 5 rings (SSSR count). The number of pyridine rings is 1. The number of hydrogen-bond acceptors (Lipinski definition) is 9. The second-order valence-corrected chi connectivity index (χ2v) is 17.4. The van der Waals surface area contributed by atoms with Gasteiger partial charge in [-0.2, -0.15) is 0 Å². The molecule has 2 saturated carbocycles. The van der Waals surface area contributed by atoms with Crippen LogP contribution in [0.15, 0.2) is 43.0 Å². The fraction of sp³-hybridized carbons (Fsp3) is 0.571. The maximum absolute atomic E-state index is 14.4. The van der Waals surface area contributed by atoms with Gasteiger partial charge in [-0.15, -0.1) is 6.58 Å². The zero-order valence-electron chi connectivity index (χ0n) is 29.2. The molecule has 2 heterocycles. The maximum Gasteiger partial charge on any atom is 0.408 e. The Kier molecular flexibility index (Phi) is 9.52. The van der Waals surface area contributed by atoms with E-state index < -0.39 is 79.7 Å². The molecule has 49 heavy (non-hydrogen) atoms. The topological polar surface area (TPSA) is 173 Å². The zero-order valence-corrected chi connectivity index (χ0v) is 30.0. The standard InChI is InChI=1S/C35H47N5O8S/c1-9-22-18-35(22,31(43)39-49(45,46)24-14-15-24)38-28(41)26-17-23(47-29-25-13-11-10-12-21(25)16-20(2)36-29)19-40(26)30(42)27(33(3,4)5)37-32(44)48-34(6,7)8/h9-13,16,22-24,26-27H,1,14-15,17-19H2,2-8H3,(H,37,44)(H,38,41)(H,39,43). The van der Waals surface area contributed by atoms with Crippen LogP contribution in [0.4, 0.5) is 4.79 Å². The third-order valence-corrected chi connectivity index (χ3v) is 10.8. The lowest BCUT2D eigenvalue weighted by molar-refractivity contribution is -0.143. The summed E-state index contributed by atoms with van der Waals surface area (Å²) in [6.45, 7) is 16.1. The van der Waals surface area contributed by atoms with Crippen LogP contribution >= 0.6 is 0 Å². The van der Waals surface area contributed by atoms with Crippen molar-refractivity contribution < 1.29 is 37.1 Å². The largest absolute Gasteiger partial charge is 0.472 e. The molecule has 266 valence electrons. The number of amides is 4. The smallest absolute Gasteiger partial charge is 0.408 e. The molecular weight excluding hydrogens is 650 g/mol. The van der Waals surface area contributed by atoms with Crippen molar-refractivity contribution in [1.82, 2.24) is 25.2 Å². The number of hydrogen-bond donors (Lipinski definition) is 3. The van der Waals surface area contributed by atoms with Crippen molar-refractivity contribution in [1.29, 1.82) is 0 Å². The van der Waals surface area contributed by atoms with E-state index in [0.717, 1.165) is 16.5 Å². The molecule has 1 aromatic heterocycles. The van der Waals surface area contributed by atoms with E-state index in [2.05, 4.69) is 26.9 Å². The Labute approximate surface area is 287 Å². The molecule has 3 fully saturated rings. The van der Waals surface area contributed by atoms with Crippen LogP contribution in [-0.2, 0) is 29.1 Å². The number of alkyl carbamates (subject to hydrolysis) is 1. The average molecular weight is 698 g/mol. The summed E-state index contributed by atoms with van der Waals surface area (Å²) < 4.78 is 39.3. The van der Waals surface area contributed by atoms with Crippen molar-refractivity contribution in [2.45, 2.75) is 109 Å². The number of carbonyl (C=O) groups excluding carboxylic acids is 4. The van der Waals surface area contributed by atoms with Gasteiger partial charge in [0, 0.05) is 23.4 Å². The molecule has 4 amide bonds. The fourth-order valence-corrected chi connectivity index (χ4v) is 7.54. The van der Waals surface area contributed by atoms with Crippen LogP contribution in [0.2, 0.25) is 0 Å². The highest BCUT2D eigenvalue weighted by Gasteiger charge is 2.62. The monoisotopic (exact) mass is 697 g/mol. The summed E-state index contributed by atoms with van der Waals surface area (Å²) in [6, 6.07) is 7.28. The molecule has 3 N–H and O–H groups in total. The Hall–Kier alpha value is -4.20. The molecular formula is C35H47N5O8S. The van der Waals surface area contributed by atoms with Crippen LogP contribution in [0.5, 0.6) is 5.88 Å². The van der Waals surface area contributed by atoms with Gasteiger partial charge in [0.2, 0.25) is 27.7 Å². The number of nitrogens with one attached hydrogen (secondary N) is 3. The van der Waals surface area contributed by atoms with E-state index >= 15 is 0 Å².